The summed E-state index contributed by atoms with van der Waals surface area (Å²) in [6, 6.07) is 64.3. The van der Waals surface area contributed by atoms with Crippen molar-refractivity contribution >= 4 is 92.7 Å². The summed E-state index contributed by atoms with van der Waals surface area (Å²) < 4.78 is 0. The molecule has 0 spiro atoms. The van der Waals surface area contributed by atoms with E-state index in [0.29, 0.717) is 145 Å². The number of nitrogens with zero attached hydrogens (tertiary/aromatic N) is 12. The normalized spacial score (nSPS) is 13.0. The monoisotopic (exact) mass is 1750 g/mol. The maximum Gasteiger partial charge on any atom is 2.00 e. The molecular formula is C112H106N12Zn2. The maximum atomic E-state index is 10.7. The average Bonchev–Trinajstić information content (AvgIpc) is 1.58. The number of hydrogen-bond acceptors (Lipinski definition) is 8. The van der Waals surface area contributed by atoms with E-state index >= 15 is 0 Å². The molecule has 4 aliphatic rings. The third-order valence-corrected chi connectivity index (χ3v) is 24.2. The maximum absolute atomic E-state index is 10.7. The van der Waals surface area contributed by atoms with Crippen molar-refractivity contribution in [1.82, 2.24) is 39.9 Å². The zero-order valence-electron chi connectivity index (χ0n) is 77.4. The summed E-state index contributed by atoms with van der Waals surface area (Å²) >= 11 is 0. The Labute approximate surface area is 768 Å². The molecule has 6 aromatic carbocycles. The molecule has 0 amide bonds. The first-order valence-corrected chi connectivity index (χ1v) is 42.9. The average molecular weight is 1750 g/mol. The number of fused-ring (bicyclic) bond motifs is 16. The van der Waals surface area contributed by atoms with Gasteiger partial charge in [0.25, 0.3) is 0 Å². The minimum Gasteiger partial charge on any atom is -0.657 e. The third-order valence-electron chi connectivity index (χ3n) is 24.2. The molecule has 0 N–H and O–H groups in total. The van der Waals surface area contributed by atoms with Crippen molar-refractivity contribution < 1.29 is 39.0 Å². The van der Waals surface area contributed by atoms with Gasteiger partial charge in [-0.1, -0.05) is 287 Å². The zero-order chi connectivity index (χ0) is 88.8. The van der Waals surface area contributed by atoms with Crippen molar-refractivity contribution in [2.75, 3.05) is 0 Å². The van der Waals surface area contributed by atoms with Crippen LogP contribution in [0.15, 0.2) is 158 Å². The summed E-state index contributed by atoms with van der Waals surface area (Å²) in [5.41, 5.74) is 28.9. The van der Waals surface area contributed by atoms with Crippen molar-refractivity contribution in [2.24, 2.45) is 0 Å². The molecule has 0 unspecified atom stereocenters. The number of benzene rings is 6. The molecule has 16 bridgehead atoms. The molecule has 10 heterocycles. The topological polar surface area (TPSA) is 203 Å². The van der Waals surface area contributed by atoms with Crippen LogP contribution in [-0.2, 0) is 82.3 Å². The molecule has 126 heavy (non-hydrogen) atoms. The first-order valence-electron chi connectivity index (χ1n) is 42.9. The largest absolute Gasteiger partial charge is 2.00 e. The smallest absolute Gasteiger partial charge is 0.657 e. The van der Waals surface area contributed by atoms with E-state index in [0.717, 1.165) is 89.0 Å². The number of hydrogen-bond donors (Lipinski definition) is 0. The third kappa shape index (κ3) is 17.5. The van der Waals surface area contributed by atoms with E-state index < -0.39 is 0 Å². The second-order valence-electron chi connectivity index (χ2n) is 42.0. The Morgan fingerprint density at radius 3 is 0.468 bits per heavy atom. The van der Waals surface area contributed by atoms with E-state index in [1.807, 2.05) is 48.6 Å². The molecule has 12 nitrogen and oxygen atoms in total. The molecular weight excluding hydrogens is 1640 g/mol. The molecule has 4 aliphatic heterocycles. The molecule has 0 radical (unpaired) electrons. The van der Waals surface area contributed by atoms with Crippen LogP contribution in [0, 0.1) is 45.3 Å². The van der Waals surface area contributed by atoms with Gasteiger partial charge in [0.1, 0.15) is 0 Å². The van der Waals surface area contributed by atoms with E-state index in [2.05, 4.69) is 336 Å². The van der Waals surface area contributed by atoms with Gasteiger partial charge in [0.05, 0.1) is 92.1 Å². The second kappa shape index (κ2) is 32.6. The van der Waals surface area contributed by atoms with Gasteiger partial charge in [0.2, 0.25) is 0 Å². The SMILES string of the molecule is CC(C)(C)c1cc(-c2c3nc(c(-c4c5nc(c(-c6cc(C(C)(C)C)cc(C(C)(C)C)c6)c6ccc([n-]6)c(-c6cc(C#N)cc(C#N)c6)c6nc(c(-c7cc(C(C)(C)C)cc(C(C)(C)C)c7)c7ccc4[n-]7)C=C6)C=C5)c4ccc([n-]4)c(-c4cc(C(C)(C)C)cc(C(C)(C)C)c4)c4nc(c(-c5cc(C#N)cc(C#N)c5)c5ccc2[n-]5)C=C4)C=C3)cc(C(C)(C)C)c1.[Zn+2].[Zn+2]. The van der Waals surface area contributed by atoms with Crippen molar-refractivity contribution in [3.05, 3.63) is 270 Å². The Kier molecular flexibility index (Phi) is 23.3. The molecule has 12 aromatic rings. The Bertz CT molecular complexity index is 6450. The van der Waals surface area contributed by atoms with E-state index in [1.54, 1.807) is 12.1 Å². The van der Waals surface area contributed by atoms with E-state index in [-0.39, 0.29) is 82.3 Å². The van der Waals surface area contributed by atoms with Gasteiger partial charge in [-0.05, 0) is 251 Å². The Balaban J connectivity index is 0.00000644. The van der Waals surface area contributed by atoms with Crippen LogP contribution in [0.2, 0.25) is 0 Å². The van der Waals surface area contributed by atoms with Gasteiger partial charge in [0, 0.05) is 0 Å². The van der Waals surface area contributed by atoms with Crippen LogP contribution in [-0.4, -0.2) is 19.9 Å². The quantitative estimate of drug-likeness (QED) is 0.137. The van der Waals surface area contributed by atoms with Gasteiger partial charge >= 0.3 is 39.0 Å². The van der Waals surface area contributed by atoms with Crippen LogP contribution in [0.3, 0.4) is 0 Å². The minimum atomic E-state index is -0.282. The van der Waals surface area contributed by atoms with Gasteiger partial charge in [-0.3, -0.25) is 0 Å². The van der Waals surface area contributed by atoms with E-state index in [1.165, 1.54) is 0 Å². The number of aromatic nitrogens is 8. The molecule has 0 saturated carbocycles. The summed E-state index contributed by atoms with van der Waals surface area (Å²) in [5, 5.41) is 42.8. The molecule has 6 aromatic heterocycles. The van der Waals surface area contributed by atoms with Gasteiger partial charge in [-0.25, -0.2) is 19.9 Å². The molecule has 14 heteroatoms. The van der Waals surface area contributed by atoms with Crippen LogP contribution in [0.1, 0.15) is 278 Å². The van der Waals surface area contributed by atoms with Crippen LogP contribution in [0.4, 0.5) is 0 Å². The Morgan fingerprint density at radius 1 is 0.190 bits per heavy atom. The van der Waals surface area contributed by atoms with E-state index in [4.69, 9.17) is 39.9 Å². The van der Waals surface area contributed by atoms with Crippen LogP contribution >= 0.6 is 0 Å². The number of nitriles is 4. The van der Waals surface area contributed by atoms with Crippen LogP contribution in [0.25, 0.3) is 171 Å². The minimum absolute atomic E-state index is 0. The Hall–Kier alpha value is -12.3. The first-order chi connectivity index (χ1) is 58.2. The van der Waals surface area contributed by atoms with Crippen LogP contribution < -0.4 is 19.9 Å². The summed E-state index contributed by atoms with van der Waals surface area (Å²) in [6.45, 7) is 54.1. The van der Waals surface area contributed by atoms with Gasteiger partial charge in [-0.2, -0.15) is 21.0 Å². The van der Waals surface area contributed by atoms with Crippen molar-refractivity contribution in [1.29, 1.82) is 21.0 Å². The molecule has 0 fully saturated rings. The predicted molar refractivity (Wildman–Crippen MR) is 514 cm³/mol. The molecule has 16 rings (SSSR count). The van der Waals surface area contributed by atoms with Crippen molar-refractivity contribution in [2.45, 2.75) is 209 Å². The molecule has 0 aliphatic carbocycles. The fourth-order valence-electron chi connectivity index (χ4n) is 16.8. The summed E-state index contributed by atoms with van der Waals surface area (Å²) in [4.78, 5) is 47.3. The van der Waals surface area contributed by atoms with Crippen molar-refractivity contribution in [3.63, 3.8) is 0 Å². The fraction of sp³-hybridized carbons (Fsp3) is 0.286. The fourth-order valence-corrected chi connectivity index (χ4v) is 16.8. The van der Waals surface area contributed by atoms with Gasteiger partial charge < -0.3 is 19.9 Å². The summed E-state index contributed by atoms with van der Waals surface area (Å²) in [7, 11) is 0. The van der Waals surface area contributed by atoms with Crippen LogP contribution in [0.5, 0.6) is 0 Å². The molecule has 0 atom stereocenters. The molecule has 0 saturated heterocycles. The standard InChI is InChI=1S/C112H106N12.2Zn/c1-105(2,3)73-47-69(48-74(55-73)106(4,5)6)99-85-29-25-81(117-85)97(67-43-63(59-113)41-64(44-67)60-114)82-26-30-86(118-82)100(70-49-75(107(7,8)9)56-76(50-70)108(10,11)12)90-34-38-94(122-90)103(93-37-33-89(99)121-93)104-95-39-35-91(123-95)101(71-51-77(109(13,14)15)57-78(52-71)110(16,17)18)87-31-27-83(119-87)98(68-45-65(61-115)42-66(46-68)62-116)84-28-32-88(120-84)102(92-36-40-96(104)124-92)72-53-79(111(19,20)21)58-80(54-72)112(22,23)24;;/h25-58H,1-24H3;;/q-4;2*+2. The first kappa shape index (κ1) is 90.0. The second-order valence-corrected chi connectivity index (χ2v) is 42.0. The van der Waals surface area contributed by atoms with E-state index in [9.17, 15) is 21.0 Å². The number of rotatable bonds is 7. The summed E-state index contributed by atoms with van der Waals surface area (Å²) in [5.74, 6) is 0. The molecule has 618 valence electrons. The van der Waals surface area contributed by atoms with Gasteiger partial charge in [-0.15, -0.1) is 44.1 Å². The van der Waals surface area contributed by atoms with Crippen molar-refractivity contribution in [3.8, 4) is 102 Å². The predicted octanol–water partition coefficient (Wildman–Crippen LogP) is 27.7. The zero-order valence-corrected chi connectivity index (χ0v) is 83.3. The summed E-state index contributed by atoms with van der Waals surface area (Å²) in [6.07, 6.45) is 16.6. The van der Waals surface area contributed by atoms with Gasteiger partial charge in [0.15, 0.2) is 0 Å². The Morgan fingerprint density at radius 2 is 0.325 bits per heavy atom.